The van der Waals surface area contributed by atoms with Crippen LogP contribution in [0.3, 0.4) is 0 Å². The van der Waals surface area contributed by atoms with Gasteiger partial charge in [0.15, 0.2) is 0 Å². The SMILES string of the molecule is NCCc1ccc(Oc2cc(=O)[nH]cn2)cc1. The van der Waals surface area contributed by atoms with Gasteiger partial charge < -0.3 is 15.5 Å². The highest BCUT2D eigenvalue weighted by atomic mass is 16.5. The highest BCUT2D eigenvalue weighted by Crippen LogP contribution is 2.18. The summed E-state index contributed by atoms with van der Waals surface area (Å²) < 4.78 is 5.43. The van der Waals surface area contributed by atoms with Gasteiger partial charge in [-0.2, -0.15) is 0 Å². The normalized spacial score (nSPS) is 10.2. The van der Waals surface area contributed by atoms with Gasteiger partial charge >= 0.3 is 0 Å². The third-order valence-electron chi connectivity index (χ3n) is 2.23. The van der Waals surface area contributed by atoms with E-state index in [9.17, 15) is 4.79 Å². The van der Waals surface area contributed by atoms with Crippen LogP contribution in [-0.4, -0.2) is 16.5 Å². The fourth-order valence-corrected chi connectivity index (χ4v) is 1.42. The molecule has 0 unspecified atom stereocenters. The Labute approximate surface area is 98.3 Å². The van der Waals surface area contributed by atoms with E-state index in [0.717, 1.165) is 12.0 Å². The van der Waals surface area contributed by atoms with Gasteiger partial charge in [-0.25, -0.2) is 4.98 Å². The summed E-state index contributed by atoms with van der Waals surface area (Å²) >= 11 is 0. The number of nitrogens with two attached hydrogens (primary N) is 1. The second-order valence-electron chi connectivity index (χ2n) is 3.53. The zero-order valence-electron chi connectivity index (χ0n) is 9.22. The van der Waals surface area contributed by atoms with Crippen LogP contribution in [0.1, 0.15) is 5.56 Å². The molecule has 0 radical (unpaired) electrons. The van der Waals surface area contributed by atoms with Crippen molar-refractivity contribution >= 4 is 0 Å². The molecule has 3 N–H and O–H groups in total. The van der Waals surface area contributed by atoms with Crippen LogP contribution in [-0.2, 0) is 6.42 Å². The predicted octanol–water partition coefficient (Wildman–Crippen LogP) is 1.06. The number of rotatable bonds is 4. The number of hydrogen-bond donors (Lipinski definition) is 2. The van der Waals surface area contributed by atoms with Crippen LogP contribution in [0, 0.1) is 0 Å². The lowest BCUT2D eigenvalue weighted by Crippen LogP contribution is -2.04. The minimum Gasteiger partial charge on any atom is -0.439 e. The molecule has 0 saturated heterocycles. The molecule has 1 aromatic heterocycles. The molecule has 0 aliphatic carbocycles. The molecular formula is C12H13N3O2. The molecule has 0 spiro atoms. The molecule has 1 heterocycles. The zero-order valence-corrected chi connectivity index (χ0v) is 9.22. The fourth-order valence-electron chi connectivity index (χ4n) is 1.42. The van der Waals surface area contributed by atoms with E-state index in [2.05, 4.69) is 9.97 Å². The summed E-state index contributed by atoms with van der Waals surface area (Å²) in [5.41, 5.74) is 6.37. The summed E-state index contributed by atoms with van der Waals surface area (Å²) in [6, 6.07) is 8.83. The second kappa shape index (κ2) is 5.27. The first kappa shape index (κ1) is 11.3. The Bertz CT molecular complexity index is 534. The van der Waals surface area contributed by atoms with Crippen LogP contribution in [0.25, 0.3) is 0 Å². The fraction of sp³-hybridized carbons (Fsp3) is 0.167. The van der Waals surface area contributed by atoms with Gasteiger partial charge in [-0.15, -0.1) is 0 Å². The summed E-state index contributed by atoms with van der Waals surface area (Å²) in [6.45, 7) is 0.621. The first-order chi connectivity index (χ1) is 8.28. The van der Waals surface area contributed by atoms with Crippen molar-refractivity contribution < 1.29 is 4.74 Å². The minimum atomic E-state index is -0.241. The van der Waals surface area contributed by atoms with E-state index in [1.807, 2.05) is 24.3 Å². The molecule has 0 aliphatic rings. The van der Waals surface area contributed by atoms with E-state index in [-0.39, 0.29) is 11.4 Å². The molecule has 0 aliphatic heterocycles. The van der Waals surface area contributed by atoms with E-state index in [4.69, 9.17) is 10.5 Å². The lowest BCUT2D eigenvalue weighted by atomic mass is 10.1. The molecule has 2 aromatic rings. The van der Waals surface area contributed by atoms with Gasteiger partial charge in [0.1, 0.15) is 5.75 Å². The molecule has 0 fully saturated rings. The molecule has 0 bridgehead atoms. The summed E-state index contributed by atoms with van der Waals surface area (Å²) in [5.74, 6) is 0.921. The Balaban J connectivity index is 2.11. The molecule has 0 saturated carbocycles. The van der Waals surface area contributed by atoms with Crippen molar-refractivity contribution in [1.29, 1.82) is 0 Å². The monoisotopic (exact) mass is 231 g/mol. The van der Waals surface area contributed by atoms with Crippen LogP contribution < -0.4 is 16.0 Å². The number of aromatic nitrogens is 2. The topological polar surface area (TPSA) is 81.0 Å². The quantitative estimate of drug-likeness (QED) is 0.824. The summed E-state index contributed by atoms with van der Waals surface area (Å²) in [7, 11) is 0. The summed E-state index contributed by atoms with van der Waals surface area (Å²) in [4.78, 5) is 17.3. The highest BCUT2D eigenvalue weighted by Gasteiger charge is 1.99. The Kier molecular flexibility index (Phi) is 3.52. The molecular weight excluding hydrogens is 218 g/mol. The van der Waals surface area contributed by atoms with Gasteiger partial charge in [-0.1, -0.05) is 12.1 Å². The van der Waals surface area contributed by atoms with E-state index in [0.29, 0.717) is 12.3 Å². The van der Waals surface area contributed by atoms with Crippen molar-refractivity contribution in [3.63, 3.8) is 0 Å². The third-order valence-corrected chi connectivity index (χ3v) is 2.23. The lowest BCUT2D eigenvalue weighted by Gasteiger charge is -2.04. The number of benzene rings is 1. The molecule has 2 rings (SSSR count). The molecule has 1 aromatic carbocycles. The smallest absolute Gasteiger partial charge is 0.254 e. The van der Waals surface area contributed by atoms with E-state index in [1.165, 1.54) is 12.4 Å². The third kappa shape index (κ3) is 3.15. The van der Waals surface area contributed by atoms with E-state index in [1.54, 1.807) is 0 Å². The van der Waals surface area contributed by atoms with Crippen molar-refractivity contribution in [2.75, 3.05) is 6.54 Å². The average Bonchev–Trinajstić information content (AvgIpc) is 2.32. The molecule has 17 heavy (non-hydrogen) atoms. The van der Waals surface area contributed by atoms with Crippen LogP contribution in [0.4, 0.5) is 0 Å². The Morgan fingerprint density at radius 2 is 2.06 bits per heavy atom. The predicted molar refractivity (Wildman–Crippen MR) is 64.1 cm³/mol. The highest BCUT2D eigenvalue weighted by molar-refractivity contribution is 5.30. The zero-order chi connectivity index (χ0) is 12.1. The van der Waals surface area contributed by atoms with Crippen molar-refractivity contribution in [1.82, 2.24) is 9.97 Å². The van der Waals surface area contributed by atoms with Crippen molar-refractivity contribution in [2.45, 2.75) is 6.42 Å². The summed E-state index contributed by atoms with van der Waals surface area (Å²) in [5, 5.41) is 0. The van der Waals surface area contributed by atoms with Gasteiger partial charge in [-0.05, 0) is 30.7 Å². The first-order valence-corrected chi connectivity index (χ1v) is 5.29. The Morgan fingerprint density at radius 1 is 1.29 bits per heavy atom. The van der Waals surface area contributed by atoms with Gasteiger partial charge in [-0.3, -0.25) is 4.79 Å². The van der Waals surface area contributed by atoms with Gasteiger partial charge in [0.2, 0.25) is 5.88 Å². The number of hydrogen-bond acceptors (Lipinski definition) is 4. The average molecular weight is 231 g/mol. The summed E-state index contributed by atoms with van der Waals surface area (Å²) in [6.07, 6.45) is 2.14. The van der Waals surface area contributed by atoms with Crippen LogP contribution in [0.5, 0.6) is 11.6 Å². The van der Waals surface area contributed by atoms with Crippen molar-refractivity contribution in [2.24, 2.45) is 5.73 Å². The number of aromatic amines is 1. The number of nitrogens with zero attached hydrogens (tertiary/aromatic N) is 1. The number of ether oxygens (including phenoxy) is 1. The minimum absolute atomic E-state index is 0.241. The maximum absolute atomic E-state index is 11.0. The molecule has 0 atom stereocenters. The van der Waals surface area contributed by atoms with Crippen LogP contribution in [0.2, 0.25) is 0 Å². The van der Waals surface area contributed by atoms with Gasteiger partial charge in [0.25, 0.3) is 5.56 Å². The van der Waals surface area contributed by atoms with Crippen molar-refractivity contribution in [3.8, 4) is 11.6 Å². The Hall–Kier alpha value is -2.14. The van der Waals surface area contributed by atoms with E-state index >= 15 is 0 Å². The number of nitrogens with one attached hydrogen (secondary N) is 1. The standard InChI is InChI=1S/C12H13N3O2/c13-6-5-9-1-3-10(4-2-9)17-12-7-11(16)14-8-15-12/h1-4,7-8H,5-6,13H2,(H,14,15,16). The second-order valence-corrected chi connectivity index (χ2v) is 3.53. The maximum atomic E-state index is 11.0. The molecule has 88 valence electrons. The number of H-pyrrole nitrogens is 1. The van der Waals surface area contributed by atoms with Crippen molar-refractivity contribution in [3.05, 3.63) is 52.6 Å². The molecule has 5 heteroatoms. The molecule has 0 amide bonds. The largest absolute Gasteiger partial charge is 0.439 e. The van der Waals surface area contributed by atoms with Crippen LogP contribution in [0.15, 0.2) is 41.5 Å². The Morgan fingerprint density at radius 3 is 2.71 bits per heavy atom. The first-order valence-electron chi connectivity index (χ1n) is 5.29. The van der Waals surface area contributed by atoms with Gasteiger partial charge in [0, 0.05) is 0 Å². The van der Waals surface area contributed by atoms with Gasteiger partial charge in [0.05, 0.1) is 12.4 Å². The lowest BCUT2D eigenvalue weighted by molar-refractivity contribution is 0.460. The van der Waals surface area contributed by atoms with Crippen LogP contribution >= 0.6 is 0 Å². The molecule has 5 nitrogen and oxygen atoms in total. The van der Waals surface area contributed by atoms with E-state index < -0.39 is 0 Å². The maximum Gasteiger partial charge on any atom is 0.254 e.